The molecule has 9 rings (SSSR count). The molecule has 0 aliphatic rings. The van der Waals surface area contributed by atoms with E-state index in [1.54, 1.807) is 6.07 Å². The minimum Gasteiger partial charge on any atom is -0.456 e. The number of rotatable bonds is 4. The summed E-state index contributed by atoms with van der Waals surface area (Å²) in [5, 5.41) is 6.21. The molecule has 45 heavy (non-hydrogen) atoms. The maximum Gasteiger partial charge on any atom is 0.136 e. The second-order valence-corrected chi connectivity index (χ2v) is 11.3. The SMILES string of the molecule is [2H]c1c([2H])c([2H])c(-c2ccc3oc4cccc(-c5c6ccccc6c(-c6ccc(-c7ccccc7)cc6)c6ccccc56)c4c3c2)c([2H])c1[2H]. The van der Waals surface area contributed by atoms with Crippen LogP contribution in [0, 0.1) is 0 Å². The molecule has 0 bridgehead atoms. The Hall–Kier alpha value is -5.92. The van der Waals surface area contributed by atoms with Gasteiger partial charge < -0.3 is 4.42 Å². The molecule has 1 nitrogen and oxygen atoms in total. The van der Waals surface area contributed by atoms with Gasteiger partial charge in [-0.05, 0) is 84.3 Å². The quantitative estimate of drug-likeness (QED) is 0.190. The molecule has 1 aromatic heterocycles. The molecule has 0 unspecified atom stereocenters. The van der Waals surface area contributed by atoms with Crippen LogP contribution < -0.4 is 0 Å². The molecule has 0 aliphatic heterocycles. The highest BCUT2D eigenvalue weighted by Crippen LogP contribution is 2.47. The van der Waals surface area contributed by atoms with Gasteiger partial charge in [-0.3, -0.25) is 0 Å². The van der Waals surface area contributed by atoms with Crippen molar-refractivity contribution in [3.8, 4) is 44.5 Å². The van der Waals surface area contributed by atoms with Gasteiger partial charge in [-0.1, -0.05) is 152 Å². The van der Waals surface area contributed by atoms with Crippen LogP contribution >= 0.6 is 0 Å². The zero-order valence-electron chi connectivity index (χ0n) is 29.2. The van der Waals surface area contributed by atoms with Gasteiger partial charge in [0.2, 0.25) is 0 Å². The Labute approximate surface area is 268 Å². The molecule has 9 aromatic rings. The summed E-state index contributed by atoms with van der Waals surface area (Å²) in [6.07, 6.45) is 0. The molecule has 0 fully saturated rings. The van der Waals surface area contributed by atoms with E-state index in [4.69, 9.17) is 11.3 Å². The summed E-state index contributed by atoms with van der Waals surface area (Å²) in [6.45, 7) is 0. The fourth-order valence-electron chi connectivity index (χ4n) is 6.77. The zero-order chi connectivity index (χ0) is 34.1. The van der Waals surface area contributed by atoms with Gasteiger partial charge >= 0.3 is 0 Å². The first-order valence-electron chi connectivity index (χ1n) is 17.5. The average molecular weight is 578 g/mol. The predicted octanol–water partition coefficient (Wildman–Crippen LogP) is 12.6. The highest BCUT2D eigenvalue weighted by molar-refractivity contribution is 6.25. The molecule has 0 atom stereocenters. The van der Waals surface area contributed by atoms with Crippen LogP contribution in [0.4, 0.5) is 0 Å². The minimum absolute atomic E-state index is 0.170. The molecular weight excluding hydrogens is 544 g/mol. The molecule has 1 heterocycles. The lowest BCUT2D eigenvalue weighted by molar-refractivity contribution is 0.669. The molecule has 210 valence electrons. The van der Waals surface area contributed by atoms with Gasteiger partial charge in [0, 0.05) is 10.8 Å². The van der Waals surface area contributed by atoms with Gasteiger partial charge in [-0.15, -0.1) is 0 Å². The molecule has 0 saturated heterocycles. The van der Waals surface area contributed by atoms with Crippen molar-refractivity contribution < 1.29 is 11.3 Å². The number of hydrogen-bond donors (Lipinski definition) is 0. The predicted molar refractivity (Wildman–Crippen MR) is 190 cm³/mol. The number of benzene rings is 8. The first-order chi connectivity index (χ1) is 24.4. The highest BCUT2D eigenvalue weighted by atomic mass is 16.3. The Morgan fingerprint density at radius 3 is 1.64 bits per heavy atom. The molecule has 0 radical (unpaired) electrons. The van der Waals surface area contributed by atoms with Crippen LogP contribution in [0.3, 0.4) is 0 Å². The summed E-state index contributed by atoms with van der Waals surface area (Å²) >= 11 is 0. The van der Waals surface area contributed by atoms with E-state index in [-0.39, 0.29) is 29.7 Å². The largest absolute Gasteiger partial charge is 0.456 e. The van der Waals surface area contributed by atoms with E-state index in [9.17, 15) is 0 Å². The minimum atomic E-state index is -0.407. The van der Waals surface area contributed by atoms with Crippen molar-refractivity contribution in [2.45, 2.75) is 0 Å². The van der Waals surface area contributed by atoms with Crippen molar-refractivity contribution in [1.29, 1.82) is 0 Å². The first kappa shape index (κ1) is 20.9. The van der Waals surface area contributed by atoms with Crippen LogP contribution in [-0.2, 0) is 0 Å². The monoisotopic (exact) mass is 577 g/mol. The van der Waals surface area contributed by atoms with Crippen molar-refractivity contribution in [3.05, 3.63) is 170 Å². The third kappa shape index (κ3) is 4.17. The second-order valence-electron chi connectivity index (χ2n) is 11.3. The molecule has 0 saturated carbocycles. The third-order valence-electron chi connectivity index (χ3n) is 8.77. The van der Waals surface area contributed by atoms with Crippen molar-refractivity contribution in [1.82, 2.24) is 0 Å². The second kappa shape index (κ2) is 10.4. The van der Waals surface area contributed by atoms with E-state index in [1.807, 2.05) is 30.3 Å². The summed E-state index contributed by atoms with van der Waals surface area (Å²) in [4.78, 5) is 0. The zero-order valence-corrected chi connectivity index (χ0v) is 24.2. The number of hydrogen-bond acceptors (Lipinski definition) is 1. The van der Waals surface area contributed by atoms with Crippen molar-refractivity contribution in [3.63, 3.8) is 0 Å². The standard InChI is InChI=1S/C44H28O/c1-3-12-29(13-4-1)31-22-24-32(25-23-31)42-34-16-7-9-18-36(34)43(37-19-10-8-17-35(37)42)38-20-11-21-41-44(38)39-28-33(26-27-40(39)45-41)30-14-5-2-6-15-30/h1-28H/i2D,5D,6D,14D,15D. The van der Waals surface area contributed by atoms with Gasteiger partial charge in [0.25, 0.3) is 0 Å². The molecule has 0 spiro atoms. The normalized spacial score (nSPS) is 13.1. The topological polar surface area (TPSA) is 13.1 Å². The maximum atomic E-state index is 8.61. The van der Waals surface area contributed by atoms with Gasteiger partial charge in [0.15, 0.2) is 0 Å². The van der Waals surface area contributed by atoms with Crippen molar-refractivity contribution in [2.24, 2.45) is 0 Å². The van der Waals surface area contributed by atoms with Crippen LogP contribution in [-0.4, -0.2) is 0 Å². The van der Waals surface area contributed by atoms with E-state index in [2.05, 4.69) is 103 Å². The smallest absolute Gasteiger partial charge is 0.136 e. The summed E-state index contributed by atoms with van der Waals surface area (Å²) < 4.78 is 48.2. The molecule has 0 N–H and O–H groups in total. The van der Waals surface area contributed by atoms with Gasteiger partial charge in [-0.25, -0.2) is 0 Å². The summed E-state index contributed by atoms with van der Waals surface area (Å²) in [5.41, 5.74) is 8.82. The van der Waals surface area contributed by atoms with E-state index < -0.39 is 6.04 Å². The molecule has 8 aromatic carbocycles. The lowest BCUT2D eigenvalue weighted by Crippen LogP contribution is -1.91. The lowest BCUT2D eigenvalue weighted by Gasteiger charge is -2.18. The van der Waals surface area contributed by atoms with E-state index in [1.165, 1.54) is 16.7 Å². The summed E-state index contributed by atoms with van der Waals surface area (Å²) in [6, 6.07) is 46.3. The Balaban J connectivity index is 1.32. The van der Waals surface area contributed by atoms with Crippen LogP contribution in [0.1, 0.15) is 6.85 Å². The molecule has 1 heteroatoms. The van der Waals surface area contributed by atoms with Crippen LogP contribution in [0.5, 0.6) is 0 Å². The number of fused-ring (bicyclic) bond motifs is 5. The Bertz CT molecular complexity index is 2720. The number of furan rings is 1. The Morgan fingerprint density at radius 1 is 0.378 bits per heavy atom. The van der Waals surface area contributed by atoms with Crippen LogP contribution in [0.25, 0.3) is 88.0 Å². The maximum absolute atomic E-state index is 8.61. The van der Waals surface area contributed by atoms with Crippen molar-refractivity contribution in [2.75, 3.05) is 0 Å². The molecule has 0 aliphatic carbocycles. The average Bonchev–Trinajstić information content (AvgIpc) is 3.54. The van der Waals surface area contributed by atoms with E-state index in [0.717, 1.165) is 49.0 Å². The highest BCUT2D eigenvalue weighted by Gasteiger charge is 2.20. The third-order valence-corrected chi connectivity index (χ3v) is 8.77. The van der Waals surface area contributed by atoms with Crippen molar-refractivity contribution >= 4 is 43.5 Å². The fraction of sp³-hybridized carbons (Fsp3) is 0. The fourth-order valence-corrected chi connectivity index (χ4v) is 6.77. The molecular formula is C44H28O. The van der Waals surface area contributed by atoms with Crippen LogP contribution in [0.2, 0.25) is 0 Å². The lowest BCUT2D eigenvalue weighted by atomic mass is 9.84. The summed E-state index contributed by atoms with van der Waals surface area (Å²) in [5.74, 6) is 0. The van der Waals surface area contributed by atoms with Gasteiger partial charge in [0.05, 0.1) is 6.85 Å². The molecule has 0 amide bonds. The summed E-state index contributed by atoms with van der Waals surface area (Å²) in [7, 11) is 0. The first-order valence-corrected chi connectivity index (χ1v) is 15.0. The Morgan fingerprint density at radius 2 is 0.956 bits per heavy atom. The van der Waals surface area contributed by atoms with Gasteiger partial charge in [-0.2, -0.15) is 0 Å². The van der Waals surface area contributed by atoms with E-state index >= 15 is 0 Å². The van der Waals surface area contributed by atoms with Crippen LogP contribution in [0.15, 0.2) is 174 Å². The van der Waals surface area contributed by atoms with E-state index in [0.29, 0.717) is 16.7 Å². The van der Waals surface area contributed by atoms with Gasteiger partial charge in [0.1, 0.15) is 11.2 Å². The Kier molecular flexibility index (Phi) is 4.81.